The van der Waals surface area contributed by atoms with Gasteiger partial charge in [0.1, 0.15) is 12.2 Å². The van der Waals surface area contributed by atoms with Crippen LogP contribution in [0.1, 0.15) is 24.8 Å². The van der Waals surface area contributed by atoms with Gasteiger partial charge in [0, 0.05) is 11.8 Å². The standard InChI is InChI=1S/C20H24ClN3OS/c1-5-9-12-17(7-3)23-20(26-8-4)22-15-19-14-18(24-25-19)13-10-11-16(21)6-2/h5-10,12-14,16H,1-2,4,11,15H2,3H3,(H,22,23)/b12-9-,13-10+,17-7+/t16-/m1/s1. The van der Waals surface area contributed by atoms with E-state index in [-0.39, 0.29) is 5.38 Å². The number of nitrogens with zero attached hydrogens (tertiary/aromatic N) is 2. The van der Waals surface area contributed by atoms with E-state index in [4.69, 9.17) is 16.1 Å². The first-order chi connectivity index (χ1) is 12.6. The zero-order valence-corrected chi connectivity index (χ0v) is 16.5. The summed E-state index contributed by atoms with van der Waals surface area (Å²) in [7, 11) is 0. The smallest absolute Gasteiger partial charge is 0.165 e. The molecule has 0 aliphatic carbocycles. The highest BCUT2D eigenvalue weighted by Crippen LogP contribution is 2.12. The van der Waals surface area contributed by atoms with Crippen molar-refractivity contribution in [1.82, 2.24) is 10.5 Å². The summed E-state index contributed by atoms with van der Waals surface area (Å²) in [6, 6.07) is 1.85. The molecule has 0 unspecified atom stereocenters. The van der Waals surface area contributed by atoms with Crippen molar-refractivity contribution in [3.05, 3.63) is 84.8 Å². The Morgan fingerprint density at radius 2 is 2.27 bits per heavy atom. The fourth-order valence-electron chi connectivity index (χ4n) is 1.74. The molecular formula is C20H24ClN3OS. The Bertz CT molecular complexity index is 716. The second-order valence-corrected chi connectivity index (χ2v) is 6.49. The molecule has 0 aliphatic heterocycles. The Balaban J connectivity index is 2.72. The molecule has 6 heteroatoms. The molecule has 0 saturated heterocycles. The number of allylic oxidation sites excluding steroid dienone is 6. The summed E-state index contributed by atoms with van der Waals surface area (Å²) in [6.45, 7) is 13.4. The third-order valence-electron chi connectivity index (χ3n) is 3.03. The van der Waals surface area contributed by atoms with Crippen molar-refractivity contribution < 1.29 is 4.52 Å². The van der Waals surface area contributed by atoms with Crippen LogP contribution in [0.25, 0.3) is 6.08 Å². The average molecular weight is 390 g/mol. The normalized spacial score (nSPS) is 13.9. The van der Waals surface area contributed by atoms with Crippen molar-refractivity contribution in [1.29, 1.82) is 0 Å². The summed E-state index contributed by atoms with van der Waals surface area (Å²) in [6.07, 6.45) is 13.6. The van der Waals surface area contributed by atoms with Crippen LogP contribution in [0.3, 0.4) is 0 Å². The molecule has 0 bridgehead atoms. The van der Waals surface area contributed by atoms with Crippen LogP contribution in [-0.4, -0.2) is 15.7 Å². The van der Waals surface area contributed by atoms with Crippen molar-refractivity contribution >= 4 is 34.6 Å². The third-order valence-corrected chi connectivity index (χ3v) is 4.01. The number of nitrogens with one attached hydrogen (secondary N) is 1. The van der Waals surface area contributed by atoms with Crippen LogP contribution >= 0.6 is 23.4 Å². The zero-order valence-electron chi connectivity index (χ0n) is 14.9. The van der Waals surface area contributed by atoms with Gasteiger partial charge < -0.3 is 9.84 Å². The van der Waals surface area contributed by atoms with E-state index in [0.29, 0.717) is 23.9 Å². The van der Waals surface area contributed by atoms with Gasteiger partial charge >= 0.3 is 0 Å². The summed E-state index contributed by atoms with van der Waals surface area (Å²) in [5.74, 6) is 0.670. The van der Waals surface area contributed by atoms with Crippen LogP contribution in [0.4, 0.5) is 0 Å². The first-order valence-electron chi connectivity index (χ1n) is 8.06. The SMILES string of the molecule is C=C/C=C\C(=C/C)NC(=NCc1cc(/C=C/C[C@H](Cl)C=C)no1)SC=C. The van der Waals surface area contributed by atoms with Crippen LogP contribution in [0.15, 0.2) is 82.9 Å². The zero-order chi connectivity index (χ0) is 19.2. The lowest BCUT2D eigenvalue weighted by atomic mass is 10.2. The molecule has 26 heavy (non-hydrogen) atoms. The topological polar surface area (TPSA) is 50.4 Å². The molecule has 0 spiro atoms. The predicted octanol–water partition coefficient (Wildman–Crippen LogP) is 5.84. The van der Waals surface area contributed by atoms with Crippen LogP contribution < -0.4 is 5.32 Å². The largest absolute Gasteiger partial charge is 0.359 e. The molecule has 0 amide bonds. The number of halogens is 1. The van der Waals surface area contributed by atoms with Gasteiger partial charge in [-0.1, -0.05) is 60.5 Å². The first-order valence-corrected chi connectivity index (χ1v) is 9.37. The third kappa shape index (κ3) is 8.74. The molecule has 0 aliphatic rings. The monoisotopic (exact) mass is 389 g/mol. The Labute approximate surface area is 164 Å². The highest BCUT2D eigenvalue weighted by Gasteiger charge is 2.04. The highest BCUT2D eigenvalue weighted by molar-refractivity contribution is 8.16. The van der Waals surface area contributed by atoms with Gasteiger partial charge in [-0.25, -0.2) is 0 Å². The number of aliphatic imine (C=N–C) groups is 1. The quantitative estimate of drug-likeness (QED) is 0.179. The second kappa shape index (κ2) is 13.0. The van der Waals surface area contributed by atoms with Crippen molar-refractivity contribution in [3.8, 4) is 0 Å². The molecule has 1 heterocycles. The minimum atomic E-state index is -0.0808. The van der Waals surface area contributed by atoms with Gasteiger partial charge in [0.2, 0.25) is 0 Å². The van der Waals surface area contributed by atoms with Crippen molar-refractivity contribution in [3.63, 3.8) is 0 Å². The summed E-state index contributed by atoms with van der Waals surface area (Å²) < 4.78 is 5.31. The Morgan fingerprint density at radius 3 is 2.92 bits per heavy atom. The maximum atomic E-state index is 5.97. The molecule has 1 rings (SSSR count). The van der Waals surface area contributed by atoms with E-state index >= 15 is 0 Å². The number of thioether (sulfide) groups is 1. The number of rotatable bonds is 10. The van der Waals surface area contributed by atoms with E-state index in [1.54, 1.807) is 17.6 Å². The summed E-state index contributed by atoms with van der Waals surface area (Å²) in [5, 5.41) is 9.59. The molecule has 4 nitrogen and oxygen atoms in total. The summed E-state index contributed by atoms with van der Waals surface area (Å²) >= 11 is 7.37. The fourth-order valence-corrected chi connectivity index (χ4v) is 2.31. The van der Waals surface area contributed by atoms with Gasteiger partial charge in [-0.05, 0) is 30.9 Å². The number of amidine groups is 1. The summed E-state index contributed by atoms with van der Waals surface area (Å²) in [4.78, 5) is 4.52. The van der Waals surface area contributed by atoms with Crippen LogP contribution in [0.5, 0.6) is 0 Å². The van der Waals surface area contributed by atoms with E-state index in [1.165, 1.54) is 11.8 Å². The fraction of sp³-hybridized carbons (Fsp3) is 0.200. The molecule has 0 saturated carbocycles. The number of alkyl halides is 1. The maximum Gasteiger partial charge on any atom is 0.165 e. The van der Waals surface area contributed by atoms with E-state index in [1.807, 2.05) is 43.4 Å². The molecule has 1 aromatic heterocycles. The average Bonchev–Trinajstić information content (AvgIpc) is 3.10. The number of hydrogen-bond acceptors (Lipinski definition) is 4. The van der Waals surface area contributed by atoms with Crippen LogP contribution in [0, 0.1) is 0 Å². The second-order valence-electron chi connectivity index (χ2n) is 4.98. The van der Waals surface area contributed by atoms with E-state index in [2.05, 4.69) is 35.2 Å². The van der Waals surface area contributed by atoms with Gasteiger partial charge in [0.25, 0.3) is 0 Å². The molecular weight excluding hydrogens is 366 g/mol. The maximum absolute atomic E-state index is 5.97. The minimum absolute atomic E-state index is 0.0808. The molecule has 0 fully saturated rings. The summed E-state index contributed by atoms with van der Waals surface area (Å²) in [5.41, 5.74) is 1.65. The van der Waals surface area contributed by atoms with Crippen molar-refractivity contribution in [2.24, 2.45) is 4.99 Å². The van der Waals surface area contributed by atoms with Crippen molar-refractivity contribution in [2.75, 3.05) is 0 Å². The van der Waals surface area contributed by atoms with E-state index < -0.39 is 0 Å². The predicted molar refractivity (Wildman–Crippen MR) is 115 cm³/mol. The first kappa shape index (κ1) is 21.8. The van der Waals surface area contributed by atoms with E-state index in [0.717, 1.165) is 11.4 Å². The van der Waals surface area contributed by atoms with Crippen molar-refractivity contribution in [2.45, 2.75) is 25.3 Å². The van der Waals surface area contributed by atoms with Gasteiger partial charge in [0.15, 0.2) is 10.9 Å². The molecule has 138 valence electrons. The van der Waals surface area contributed by atoms with Gasteiger partial charge in [-0.15, -0.1) is 18.2 Å². The van der Waals surface area contributed by atoms with E-state index in [9.17, 15) is 0 Å². The number of hydrogen-bond donors (Lipinski definition) is 1. The van der Waals surface area contributed by atoms with Crippen LogP contribution in [-0.2, 0) is 6.54 Å². The highest BCUT2D eigenvalue weighted by atomic mass is 35.5. The lowest BCUT2D eigenvalue weighted by Crippen LogP contribution is -2.18. The Kier molecular flexibility index (Phi) is 10.9. The molecule has 1 atom stereocenters. The molecule has 0 aromatic carbocycles. The lowest BCUT2D eigenvalue weighted by Gasteiger charge is -2.07. The van der Waals surface area contributed by atoms with Crippen LogP contribution in [0.2, 0.25) is 0 Å². The number of aromatic nitrogens is 1. The molecule has 0 radical (unpaired) electrons. The Morgan fingerprint density at radius 1 is 1.46 bits per heavy atom. The van der Waals surface area contributed by atoms with Gasteiger partial charge in [0.05, 0.1) is 5.38 Å². The lowest BCUT2D eigenvalue weighted by molar-refractivity contribution is 0.384. The Hall–Kier alpha value is -2.24. The van der Waals surface area contributed by atoms with Gasteiger partial charge in [-0.3, -0.25) is 4.99 Å². The minimum Gasteiger partial charge on any atom is -0.359 e. The van der Waals surface area contributed by atoms with Gasteiger partial charge in [-0.2, -0.15) is 0 Å². The molecule has 1 aromatic rings. The molecule has 1 N–H and O–H groups in total.